The fourth-order valence-electron chi connectivity index (χ4n) is 0.0408. The van der Waals surface area contributed by atoms with Gasteiger partial charge in [-0.25, -0.2) is 0 Å². The van der Waals surface area contributed by atoms with Gasteiger partial charge in [0.1, 0.15) is 6.54 Å². The quantitative estimate of drug-likeness (QED) is 0.419. The van der Waals surface area contributed by atoms with Gasteiger partial charge in [-0.3, -0.25) is 0 Å². The van der Waals surface area contributed by atoms with Crippen LogP contribution in [0.25, 0.3) is 0 Å². The van der Waals surface area contributed by atoms with Gasteiger partial charge < -0.3 is 16.1 Å². The van der Waals surface area contributed by atoms with E-state index in [-0.39, 0.29) is 24.1 Å². The lowest BCUT2D eigenvalue weighted by Gasteiger charge is -1.69. The molecule has 0 unspecified atom stereocenters. The molecule has 5 N–H and O–H groups in total. The number of aliphatic hydroxyl groups excluding tert-OH is 1. The number of rotatable bonds is 2. The SMILES string of the molecule is O.O.O=NCCO. The largest absolute Gasteiger partial charge is 0.412 e. The van der Waals surface area contributed by atoms with Crippen LogP contribution in [0.2, 0.25) is 0 Å². The first-order valence-corrected chi connectivity index (χ1v) is 1.32. The molecule has 0 heterocycles. The summed E-state index contributed by atoms with van der Waals surface area (Å²) in [5, 5.41) is 10.1. The van der Waals surface area contributed by atoms with Gasteiger partial charge >= 0.3 is 0 Å². The normalized spacial score (nSPS) is 5.29. The van der Waals surface area contributed by atoms with E-state index in [2.05, 4.69) is 5.18 Å². The molecule has 0 aromatic rings. The monoisotopic (exact) mass is 111 g/mol. The van der Waals surface area contributed by atoms with E-state index in [1.54, 1.807) is 0 Å². The summed E-state index contributed by atoms with van der Waals surface area (Å²) in [5.74, 6) is 0. The zero-order valence-corrected chi connectivity index (χ0v) is 3.72. The molecule has 0 fully saturated rings. The predicted molar refractivity (Wildman–Crippen MR) is 25.0 cm³/mol. The van der Waals surface area contributed by atoms with E-state index in [0.29, 0.717) is 0 Å². The van der Waals surface area contributed by atoms with Crippen LogP contribution in [-0.4, -0.2) is 29.2 Å². The molecule has 0 aromatic heterocycles. The molecular formula is C2H9NO4. The van der Waals surface area contributed by atoms with Crippen LogP contribution in [0.3, 0.4) is 0 Å². The van der Waals surface area contributed by atoms with E-state index in [0.717, 1.165) is 0 Å². The highest BCUT2D eigenvalue weighted by atomic mass is 16.3. The summed E-state index contributed by atoms with van der Waals surface area (Å²) in [7, 11) is 0. The molecule has 0 amide bonds. The van der Waals surface area contributed by atoms with Gasteiger partial charge in [-0.15, -0.1) is 0 Å². The summed E-state index contributed by atoms with van der Waals surface area (Å²) >= 11 is 0. The van der Waals surface area contributed by atoms with E-state index < -0.39 is 0 Å². The van der Waals surface area contributed by atoms with Gasteiger partial charge in [-0.05, 0) is 0 Å². The first-order chi connectivity index (χ1) is 2.41. The molecule has 0 aromatic carbocycles. The minimum Gasteiger partial charge on any atom is -0.412 e. The molecule has 0 saturated carbocycles. The van der Waals surface area contributed by atoms with Crippen LogP contribution < -0.4 is 0 Å². The van der Waals surface area contributed by atoms with Crippen LogP contribution in [-0.2, 0) is 0 Å². The molecule has 46 valence electrons. The Labute approximate surface area is 40.6 Å². The number of nitrogens with zero attached hydrogens (tertiary/aromatic N) is 1. The number of nitroso groups, excluding NO2 is 1. The van der Waals surface area contributed by atoms with E-state index >= 15 is 0 Å². The minimum absolute atomic E-state index is 0. The minimum atomic E-state index is -0.135. The molecule has 0 saturated heterocycles. The zero-order chi connectivity index (χ0) is 4.12. The predicted octanol–water partition coefficient (Wildman–Crippen LogP) is -1.90. The third-order valence-corrected chi connectivity index (χ3v) is 0.191. The maximum Gasteiger partial charge on any atom is 0.104 e. The highest BCUT2D eigenvalue weighted by Gasteiger charge is 1.68. The fourth-order valence-corrected chi connectivity index (χ4v) is 0.0408. The zero-order valence-electron chi connectivity index (χ0n) is 3.72. The van der Waals surface area contributed by atoms with Crippen molar-refractivity contribution in [2.75, 3.05) is 13.2 Å². The van der Waals surface area contributed by atoms with Crippen LogP contribution >= 0.6 is 0 Å². The van der Waals surface area contributed by atoms with Crippen molar-refractivity contribution in [3.05, 3.63) is 4.91 Å². The van der Waals surface area contributed by atoms with E-state index in [1.807, 2.05) is 0 Å². The van der Waals surface area contributed by atoms with E-state index in [9.17, 15) is 0 Å². The van der Waals surface area contributed by atoms with Crippen LogP contribution in [0.5, 0.6) is 0 Å². The van der Waals surface area contributed by atoms with Gasteiger partial charge in [-0.1, -0.05) is 5.18 Å². The molecule has 5 nitrogen and oxygen atoms in total. The van der Waals surface area contributed by atoms with Crippen molar-refractivity contribution in [3.8, 4) is 0 Å². The molecule has 7 heavy (non-hydrogen) atoms. The smallest absolute Gasteiger partial charge is 0.104 e. The third kappa shape index (κ3) is 30.3. The summed E-state index contributed by atoms with van der Waals surface area (Å²) in [6.07, 6.45) is 0. The van der Waals surface area contributed by atoms with Crippen molar-refractivity contribution >= 4 is 0 Å². The van der Waals surface area contributed by atoms with Gasteiger partial charge in [-0.2, -0.15) is 4.91 Å². The Balaban J connectivity index is -0.0000000800. The van der Waals surface area contributed by atoms with Crippen molar-refractivity contribution in [3.63, 3.8) is 0 Å². The van der Waals surface area contributed by atoms with Crippen LogP contribution in [0.15, 0.2) is 5.18 Å². The third-order valence-electron chi connectivity index (χ3n) is 0.191. The van der Waals surface area contributed by atoms with Crippen molar-refractivity contribution in [1.29, 1.82) is 0 Å². The lowest BCUT2D eigenvalue weighted by Crippen LogP contribution is -1.82. The Hall–Kier alpha value is -0.520. The maximum absolute atomic E-state index is 8.99. The number of hydrogen-bond acceptors (Lipinski definition) is 3. The number of aliphatic hydroxyl groups is 1. The average Bonchev–Trinajstić information content (AvgIpc) is 1.41. The summed E-state index contributed by atoms with van der Waals surface area (Å²) in [5.41, 5.74) is 0. The highest BCUT2D eigenvalue weighted by molar-refractivity contribution is 4.30. The summed E-state index contributed by atoms with van der Waals surface area (Å²) < 4.78 is 0. The van der Waals surface area contributed by atoms with Gasteiger partial charge in [0.25, 0.3) is 0 Å². The molecule has 5 heteroatoms. The maximum atomic E-state index is 8.99. The van der Waals surface area contributed by atoms with Crippen LogP contribution in [0, 0.1) is 4.91 Å². The Bertz CT molecular complexity index is 30.9. The van der Waals surface area contributed by atoms with Crippen molar-refractivity contribution < 1.29 is 16.1 Å². The standard InChI is InChI=1S/C2H5NO2.2H2O/c4-2-1-3-5;;/h4H,1-2H2;2*1H2. The van der Waals surface area contributed by atoms with Crippen molar-refractivity contribution in [2.45, 2.75) is 0 Å². The summed E-state index contributed by atoms with van der Waals surface area (Å²) in [6.45, 7) is -0.122. The van der Waals surface area contributed by atoms with Gasteiger partial charge in [0, 0.05) is 0 Å². The van der Waals surface area contributed by atoms with Gasteiger partial charge in [0.15, 0.2) is 0 Å². The molecular weight excluding hydrogens is 102 g/mol. The Kier molecular flexibility index (Phi) is 41.0. The average molecular weight is 111 g/mol. The Morgan fingerprint density at radius 3 is 1.86 bits per heavy atom. The van der Waals surface area contributed by atoms with E-state index in [1.165, 1.54) is 0 Å². The van der Waals surface area contributed by atoms with E-state index in [4.69, 9.17) is 10.0 Å². The second-order valence-electron chi connectivity index (χ2n) is 0.576. The fraction of sp³-hybridized carbons (Fsp3) is 1.00. The molecule has 0 aliphatic carbocycles. The molecule has 0 aliphatic rings. The lowest BCUT2D eigenvalue weighted by atomic mass is 10.8. The van der Waals surface area contributed by atoms with Crippen LogP contribution in [0.4, 0.5) is 0 Å². The van der Waals surface area contributed by atoms with Crippen molar-refractivity contribution in [2.24, 2.45) is 5.18 Å². The summed E-state index contributed by atoms with van der Waals surface area (Å²) in [4.78, 5) is 8.99. The molecule has 0 rings (SSSR count). The molecule has 0 aliphatic heterocycles. The molecule has 0 bridgehead atoms. The lowest BCUT2D eigenvalue weighted by molar-refractivity contribution is 0.306. The summed E-state index contributed by atoms with van der Waals surface area (Å²) in [6, 6.07) is 0. The number of hydrogen-bond donors (Lipinski definition) is 1. The first-order valence-electron chi connectivity index (χ1n) is 1.32. The molecule has 0 atom stereocenters. The van der Waals surface area contributed by atoms with Gasteiger partial charge in [0.05, 0.1) is 6.61 Å². The van der Waals surface area contributed by atoms with Crippen molar-refractivity contribution in [1.82, 2.24) is 0 Å². The molecule has 0 radical (unpaired) electrons. The Morgan fingerprint density at radius 1 is 1.43 bits per heavy atom. The van der Waals surface area contributed by atoms with Crippen LogP contribution in [0.1, 0.15) is 0 Å². The second kappa shape index (κ2) is 17.9. The second-order valence-corrected chi connectivity index (χ2v) is 0.576. The Morgan fingerprint density at radius 2 is 1.86 bits per heavy atom. The molecule has 0 spiro atoms. The van der Waals surface area contributed by atoms with Gasteiger partial charge in [0.2, 0.25) is 0 Å². The highest BCUT2D eigenvalue weighted by Crippen LogP contribution is 1.56. The first kappa shape index (κ1) is 16.1. The topological polar surface area (TPSA) is 113 Å².